The second-order valence-electron chi connectivity index (χ2n) is 10.9. The van der Waals surface area contributed by atoms with Crippen molar-refractivity contribution in [2.45, 2.75) is 56.6 Å². The highest BCUT2D eigenvalue weighted by Crippen LogP contribution is 2.40. The molecule has 39 heavy (non-hydrogen) atoms. The molecule has 7 rings (SSSR count). The average molecular weight is 548 g/mol. The van der Waals surface area contributed by atoms with Gasteiger partial charge in [0.05, 0.1) is 22.1 Å². The number of fused-ring (bicyclic) bond motifs is 5. The molecule has 0 radical (unpaired) electrons. The maximum absolute atomic E-state index is 15.3. The highest BCUT2D eigenvalue weighted by Gasteiger charge is 2.35. The number of halogens is 1. The van der Waals surface area contributed by atoms with E-state index >= 15 is 4.39 Å². The molecule has 10 heteroatoms. The summed E-state index contributed by atoms with van der Waals surface area (Å²) in [5.74, 6) is 0.232. The molecule has 0 spiro atoms. The van der Waals surface area contributed by atoms with Crippen LogP contribution >= 0.6 is 0 Å². The highest BCUT2D eigenvalue weighted by atomic mass is 32.2. The fourth-order valence-corrected chi connectivity index (χ4v) is 6.53. The first-order valence-electron chi connectivity index (χ1n) is 13.1. The number of carbonyl (C=O) groups excluding carboxylic acids is 1. The molecule has 1 fully saturated rings. The molecule has 0 aliphatic carbocycles. The SMILES string of the molecule is Cc1c2ncc3c(nc([S+](C)[O-])nc13)N1CCC[C@](C)(C1)NC(=O)CCCc1c(F)ccc3cc(O)cc-2c13. The summed E-state index contributed by atoms with van der Waals surface area (Å²) >= 11 is -1.44. The van der Waals surface area contributed by atoms with Crippen LogP contribution in [0.15, 0.2) is 35.6 Å². The first-order chi connectivity index (χ1) is 18.6. The number of rotatable bonds is 1. The molecule has 5 heterocycles. The van der Waals surface area contributed by atoms with Crippen molar-refractivity contribution >= 4 is 44.6 Å². The van der Waals surface area contributed by atoms with Gasteiger partial charge in [-0.2, -0.15) is 9.97 Å². The summed E-state index contributed by atoms with van der Waals surface area (Å²) in [5.41, 5.74) is 2.48. The van der Waals surface area contributed by atoms with Gasteiger partial charge < -0.3 is 19.9 Å². The second-order valence-corrected chi connectivity index (χ2v) is 12.2. The molecule has 0 saturated carbocycles. The monoisotopic (exact) mass is 547 g/mol. The van der Waals surface area contributed by atoms with Gasteiger partial charge in [0.2, 0.25) is 5.91 Å². The van der Waals surface area contributed by atoms with Crippen LogP contribution in [-0.4, -0.2) is 55.4 Å². The number of nitrogens with one attached hydrogen (secondary N) is 1. The molecule has 2 atom stereocenters. The van der Waals surface area contributed by atoms with Crippen molar-refractivity contribution in [3.63, 3.8) is 0 Å². The second kappa shape index (κ2) is 9.60. The average Bonchev–Trinajstić information content (AvgIpc) is 2.88. The molecule has 202 valence electrons. The number of aryl methyl sites for hydroxylation is 2. The molecular formula is C29H30FN5O3S. The van der Waals surface area contributed by atoms with Crippen LogP contribution in [-0.2, 0) is 22.4 Å². The predicted octanol–water partition coefficient (Wildman–Crippen LogP) is 4.55. The largest absolute Gasteiger partial charge is 0.609 e. The Bertz CT molecular complexity index is 1650. The zero-order valence-corrected chi connectivity index (χ0v) is 23.0. The number of hydrogen-bond acceptors (Lipinski definition) is 7. The Morgan fingerprint density at radius 3 is 2.82 bits per heavy atom. The number of pyridine rings is 1. The third-order valence-corrected chi connectivity index (χ3v) is 8.57. The van der Waals surface area contributed by atoms with Crippen LogP contribution in [0.1, 0.15) is 43.7 Å². The lowest BCUT2D eigenvalue weighted by Gasteiger charge is -2.42. The van der Waals surface area contributed by atoms with Crippen LogP contribution in [0.25, 0.3) is 32.9 Å². The molecule has 1 unspecified atom stereocenters. The van der Waals surface area contributed by atoms with E-state index in [4.69, 9.17) is 15.0 Å². The van der Waals surface area contributed by atoms with Gasteiger partial charge in [-0.1, -0.05) is 6.07 Å². The normalized spacial score (nSPS) is 20.5. The van der Waals surface area contributed by atoms with Gasteiger partial charge in [0.1, 0.15) is 23.6 Å². The summed E-state index contributed by atoms with van der Waals surface area (Å²) < 4.78 is 28.0. The Hall–Kier alpha value is -3.50. The van der Waals surface area contributed by atoms with E-state index in [-0.39, 0.29) is 29.1 Å². The number of nitrogens with zero attached hydrogens (tertiary/aromatic N) is 4. The van der Waals surface area contributed by atoms with Gasteiger partial charge in [-0.05, 0) is 74.1 Å². The predicted molar refractivity (Wildman–Crippen MR) is 150 cm³/mol. The Morgan fingerprint density at radius 2 is 2.03 bits per heavy atom. The topological polar surface area (TPSA) is 114 Å². The van der Waals surface area contributed by atoms with Crippen LogP contribution in [0.3, 0.4) is 0 Å². The third-order valence-electron chi connectivity index (χ3n) is 7.87. The number of aromatic nitrogens is 3. The van der Waals surface area contributed by atoms with Crippen molar-refractivity contribution in [3.8, 4) is 17.0 Å². The number of piperidine rings is 1. The maximum Gasteiger partial charge on any atom is 0.344 e. The van der Waals surface area contributed by atoms with E-state index in [0.29, 0.717) is 63.7 Å². The first kappa shape index (κ1) is 25.8. The summed E-state index contributed by atoms with van der Waals surface area (Å²) in [7, 11) is 0. The number of phenols is 1. The van der Waals surface area contributed by atoms with Crippen molar-refractivity contribution in [3.05, 3.63) is 47.4 Å². The van der Waals surface area contributed by atoms with Crippen LogP contribution in [0.2, 0.25) is 0 Å². The molecule has 6 bridgehead atoms. The molecular weight excluding hydrogens is 517 g/mol. The Balaban J connectivity index is 1.68. The Morgan fingerprint density at radius 1 is 1.21 bits per heavy atom. The summed E-state index contributed by atoms with van der Waals surface area (Å²) in [6.45, 7) is 5.19. The van der Waals surface area contributed by atoms with E-state index in [2.05, 4.69) is 10.2 Å². The minimum Gasteiger partial charge on any atom is -0.609 e. The number of carbonyl (C=O) groups is 1. The van der Waals surface area contributed by atoms with E-state index in [0.717, 1.165) is 24.9 Å². The van der Waals surface area contributed by atoms with E-state index < -0.39 is 16.7 Å². The van der Waals surface area contributed by atoms with Gasteiger partial charge in [0.25, 0.3) is 0 Å². The molecule has 2 N–H and O–H groups in total. The number of anilines is 1. The smallest absolute Gasteiger partial charge is 0.344 e. The van der Waals surface area contributed by atoms with Crippen molar-refractivity contribution in [1.82, 2.24) is 20.3 Å². The quantitative estimate of drug-likeness (QED) is 0.266. The molecule has 2 aromatic carbocycles. The highest BCUT2D eigenvalue weighted by molar-refractivity contribution is 7.90. The van der Waals surface area contributed by atoms with Crippen molar-refractivity contribution < 1.29 is 18.8 Å². The zero-order valence-electron chi connectivity index (χ0n) is 22.2. The van der Waals surface area contributed by atoms with E-state index in [9.17, 15) is 14.5 Å². The number of benzene rings is 2. The zero-order chi connectivity index (χ0) is 27.5. The first-order valence-corrected chi connectivity index (χ1v) is 14.7. The fourth-order valence-electron chi connectivity index (χ4n) is 6.10. The van der Waals surface area contributed by atoms with Crippen molar-refractivity contribution in [1.29, 1.82) is 0 Å². The summed E-state index contributed by atoms with van der Waals surface area (Å²) in [6, 6.07) is 6.25. The lowest BCUT2D eigenvalue weighted by atomic mass is 9.89. The van der Waals surface area contributed by atoms with Crippen LogP contribution in [0.5, 0.6) is 5.75 Å². The lowest BCUT2D eigenvalue weighted by Crippen LogP contribution is -2.57. The van der Waals surface area contributed by atoms with Crippen molar-refractivity contribution in [2.75, 3.05) is 24.2 Å². The van der Waals surface area contributed by atoms with Crippen molar-refractivity contribution in [2.24, 2.45) is 0 Å². The summed E-state index contributed by atoms with van der Waals surface area (Å²) in [5, 5.41) is 16.1. The van der Waals surface area contributed by atoms with E-state index in [1.54, 1.807) is 30.7 Å². The number of amides is 1. The molecule has 4 aromatic rings. The van der Waals surface area contributed by atoms with Crippen LogP contribution in [0, 0.1) is 12.7 Å². The number of hydrogen-bond donors (Lipinski definition) is 2. The van der Waals surface area contributed by atoms with Gasteiger partial charge >= 0.3 is 5.16 Å². The Labute approximate surface area is 228 Å². The minimum atomic E-state index is -1.44. The van der Waals surface area contributed by atoms with Crippen LogP contribution in [0.4, 0.5) is 10.2 Å². The van der Waals surface area contributed by atoms with Gasteiger partial charge in [-0.3, -0.25) is 9.78 Å². The van der Waals surface area contributed by atoms with Gasteiger partial charge in [0.15, 0.2) is 0 Å². The number of aromatic hydroxyl groups is 1. The molecule has 8 nitrogen and oxygen atoms in total. The minimum absolute atomic E-state index is 0.0384. The van der Waals surface area contributed by atoms with Gasteiger partial charge in [-0.15, -0.1) is 0 Å². The Kier molecular flexibility index (Phi) is 6.34. The molecule has 3 aliphatic heterocycles. The van der Waals surface area contributed by atoms with Gasteiger partial charge in [0, 0.05) is 48.0 Å². The van der Waals surface area contributed by atoms with E-state index in [1.165, 1.54) is 6.07 Å². The molecule has 1 amide bonds. The number of phenolic OH excluding ortho intramolecular Hbond substituents is 1. The lowest BCUT2D eigenvalue weighted by molar-refractivity contribution is -0.123. The summed E-state index contributed by atoms with van der Waals surface area (Å²) in [6.07, 6.45) is 6.01. The van der Waals surface area contributed by atoms with E-state index in [1.807, 2.05) is 13.8 Å². The third kappa shape index (κ3) is 4.55. The molecule has 2 aromatic heterocycles. The van der Waals surface area contributed by atoms with Crippen LogP contribution < -0.4 is 10.2 Å². The maximum atomic E-state index is 15.3. The molecule has 3 aliphatic rings. The fraction of sp³-hybridized carbons (Fsp3) is 0.379. The standard InChI is InChI=1S/C29H30FN5O3S/c1-16-25-20-13-18(36)12-17-8-9-22(30)19(24(17)20)6-4-7-23(37)34-29(2)10-5-11-35(15-29)27-21(14-31-25)26(16)32-28(33-27)39(3)38/h8-9,12-14,36H,4-7,10-11,15H2,1-3H3,(H,34,37)/t29-,39?/m1/s1. The summed E-state index contributed by atoms with van der Waals surface area (Å²) in [4.78, 5) is 29.4. The van der Waals surface area contributed by atoms with Gasteiger partial charge in [-0.25, -0.2) is 4.39 Å². The molecule has 1 saturated heterocycles.